The summed E-state index contributed by atoms with van der Waals surface area (Å²) in [6, 6.07) is 5.68. The van der Waals surface area contributed by atoms with E-state index in [-0.39, 0.29) is 24.2 Å². The van der Waals surface area contributed by atoms with E-state index >= 15 is 0 Å². The minimum atomic E-state index is -0.464. The van der Waals surface area contributed by atoms with E-state index < -0.39 is 6.09 Å². The Labute approximate surface area is 225 Å². The van der Waals surface area contributed by atoms with Crippen molar-refractivity contribution in [2.75, 3.05) is 43.1 Å². The summed E-state index contributed by atoms with van der Waals surface area (Å²) in [7, 11) is 0. The molecule has 0 spiro atoms. The standard InChI is InChI=1S/C27H31N7O5/c1-15-18-8-16(9-19(18)20(10-28)25(31-15)38-14-27(29)5-6-27)11-30-7-4-17-12-34(26(36)39-17)22-3-2-21-24(32-22)33-23(35)13-37-21/h2-3,16-17,30H,4-9,11-14,29H2,1H3,(H,32,33,35). The molecule has 12 nitrogen and oxygen atoms in total. The van der Waals surface area contributed by atoms with Gasteiger partial charge < -0.3 is 30.6 Å². The Balaban J connectivity index is 0.997. The van der Waals surface area contributed by atoms with E-state index in [1.807, 2.05) is 6.92 Å². The molecule has 0 radical (unpaired) electrons. The minimum Gasteiger partial charge on any atom is -0.480 e. The first kappa shape index (κ1) is 25.3. The van der Waals surface area contributed by atoms with E-state index in [1.165, 1.54) is 4.90 Å². The largest absolute Gasteiger partial charge is 0.480 e. The highest BCUT2D eigenvalue weighted by atomic mass is 16.6. The van der Waals surface area contributed by atoms with Gasteiger partial charge in [0.1, 0.15) is 30.2 Å². The second-order valence-electron chi connectivity index (χ2n) is 10.8. The summed E-state index contributed by atoms with van der Waals surface area (Å²) < 4.78 is 16.8. The molecule has 2 amide bonds. The molecule has 0 bridgehead atoms. The molecule has 0 aromatic carbocycles. The molecule has 12 heteroatoms. The normalized spacial score (nSPS) is 22.3. The summed E-state index contributed by atoms with van der Waals surface area (Å²) >= 11 is 0. The van der Waals surface area contributed by atoms with E-state index in [0.29, 0.717) is 60.9 Å². The zero-order valence-electron chi connectivity index (χ0n) is 21.8. The lowest BCUT2D eigenvalue weighted by Crippen LogP contribution is -2.30. The number of nitrogens with zero attached hydrogens (tertiary/aromatic N) is 4. The van der Waals surface area contributed by atoms with Gasteiger partial charge in [0, 0.05) is 5.69 Å². The van der Waals surface area contributed by atoms with E-state index in [2.05, 4.69) is 26.7 Å². The molecule has 2 aromatic rings. The van der Waals surface area contributed by atoms with Gasteiger partial charge in [-0.05, 0) is 81.3 Å². The first-order valence-electron chi connectivity index (χ1n) is 13.3. The van der Waals surface area contributed by atoms with E-state index in [9.17, 15) is 14.9 Å². The van der Waals surface area contributed by atoms with Crippen molar-refractivity contribution >= 4 is 23.6 Å². The fraction of sp³-hybridized carbons (Fsp3) is 0.519. The number of nitrogens with one attached hydrogen (secondary N) is 2. The van der Waals surface area contributed by atoms with Gasteiger partial charge >= 0.3 is 6.09 Å². The Morgan fingerprint density at radius 1 is 1.28 bits per heavy atom. The SMILES string of the molecule is Cc1nc(OCC2(N)CC2)c(C#N)c2c1CC(CNCCC1CN(c3ccc4c(n3)NC(=O)CO4)C(=O)O1)C2. The maximum Gasteiger partial charge on any atom is 0.415 e. The summed E-state index contributed by atoms with van der Waals surface area (Å²) in [4.78, 5) is 34.5. The lowest BCUT2D eigenvalue weighted by atomic mass is 10.0. The van der Waals surface area contributed by atoms with Crippen LogP contribution in [0.1, 0.15) is 41.6 Å². The molecule has 6 rings (SSSR count). The molecule has 4 N–H and O–H groups in total. The van der Waals surface area contributed by atoms with Crippen LogP contribution in [0.3, 0.4) is 0 Å². The Bertz CT molecular complexity index is 1370. The molecular formula is C27H31N7O5. The number of carbonyl (C=O) groups is 2. The number of pyridine rings is 2. The van der Waals surface area contributed by atoms with Crippen LogP contribution in [0.2, 0.25) is 0 Å². The van der Waals surface area contributed by atoms with Gasteiger partial charge in [0.15, 0.2) is 18.2 Å². The fourth-order valence-corrected chi connectivity index (χ4v) is 5.33. The van der Waals surface area contributed by atoms with Crippen molar-refractivity contribution < 1.29 is 23.8 Å². The molecule has 2 unspecified atom stereocenters. The van der Waals surface area contributed by atoms with Crippen molar-refractivity contribution in [3.63, 3.8) is 0 Å². The lowest BCUT2D eigenvalue weighted by molar-refractivity contribution is -0.118. The van der Waals surface area contributed by atoms with Crippen LogP contribution in [0.15, 0.2) is 12.1 Å². The number of amides is 2. The maximum absolute atomic E-state index is 12.5. The van der Waals surface area contributed by atoms with Crippen molar-refractivity contribution in [1.29, 1.82) is 5.26 Å². The third-order valence-corrected chi connectivity index (χ3v) is 7.76. The number of fused-ring (bicyclic) bond motifs is 2. The van der Waals surface area contributed by atoms with Crippen LogP contribution in [-0.2, 0) is 22.4 Å². The Hall–Kier alpha value is -3.95. The number of nitrogens with two attached hydrogens (primary N) is 1. The van der Waals surface area contributed by atoms with Gasteiger partial charge in [-0.25, -0.2) is 14.8 Å². The molecule has 204 valence electrons. The van der Waals surface area contributed by atoms with Gasteiger partial charge in [-0.2, -0.15) is 5.26 Å². The zero-order chi connectivity index (χ0) is 27.1. The number of aryl methyl sites for hydroxylation is 1. The number of rotatable bonds is 9. The van der Waals surface area contributed by atoms with Crippen LogP contribution in [0, 0.1) is 24.2 Å². The third-order valence-electron chi connectivity index (χ3n) is 7.76. The van der Waals surface area contributed by atoms with Gasteiger partial charge in [0.2, 0.25) is 5.88 Å². The average Bonchev–Trinajstić information content (AvgIpc) is 3.32. The summed E-state index contributed by atoms with van der Waals surface area (Å²) in [6.45, 7) is 4.12. The first-order chi connectivity index (χ1) is 18.8. The van der Waals surface area contributed by atoms with Crippen molar-refractivity contribution in [2.45, 2.75) is 50.7 Å². The molecule has 2 aromatic heterocycles. The molecule has 39 heavy (non-hydrogen) atoms. The molecule has 2 aliphatic carbocycles. The van der Waals surface area contributed by atoms with Gasteiger partial charge in [0.05, 0.1) is 12.1 Å². The zero-order valence-corrected chi connectivity index (χ0v) is 21.8. The predicted octanol–water partition coefficient (Wildman–Crippen LogP) is 1.58. The second kappa shape index (κ2) is 9.98. The van der Waals surface area contributed by atoms with Crippen LogP contribution in [-0.4, -0.2) is 66.5 Å². The quantitative estimate of drug-likeness (QED) is 0.403. The number of nitriles is 1. The van der Waals surface area contributed by atoms with E-state index in [0.717, 1.165) is 49.0 Å². The first-order valence-corrected chi connectivity index (χ1v) is 13.3. The number of cyclic esters (lactones) is 1. The summed E-state index contributed by atoms with van der Waals surface area (Å²) in [6.07, 6.45) is 3.42. The molecular weight excluding hydrogens is 502 g/mol. The van der Waals surface area contributed by atoms with Crippen molar-refractivity contribution in [3.05, 3.63) is 34.5 Å². The van der Waals surface area contributed by atoms with Crippen LogP contribution >= 0.6 is 0 Å². The molecule has 2 aliphatic heterocycles. The molecule has 4 heterocycles. The molecule has 1 saturated carbocycles. The van der Waals surface area contributed by atoms with E-state index in [1.54, 1.807) is 12.1 Å². The number of carbonyl (C=O) groups excluding carboxylic acids is 2. The average molecular weight is 534 g/mol. The highest BCUT2D eigenvalue weighted by Crippen LogP contribution is 2.37. The molecule has 2 fully saturated rings. The molecule has 2 atom stereocenters. The maximum atomic E-state index is 12.5. The van der Waals surface area contributed by atoms with Gasteiger partial charge in [-0.3, -0.25) is 9.69 Å². The van der Waals surface area contributed by atoms with Gasteiger partial charge in [0.25, 0.3) is 5.91 Å². The Morgan fingerprint density at radius 2 is 2.10 bits per heavy atom. The highest BCUT2D eigenvalue weighted by molar-refractivity contribution is 5.95. The summed E-state index contributed by atoms with van der Waals surface area (Å²) in [5.41, 5.74) is 9.48. The number of hydrogen-bond acceptors (Lipinski definition) is 10. The number of ether oxygens (including phenoxy) is 3. The topological polar surface area (TPSA) is 165 Å². The smallest absolute Gasteiger partial charge is 0.415 e. The summed E-state index contributed by atoms with van der Waals surface area (Å²) in [5.74, 6) is 1.63. The van der Waals surface area contributed by atoms with Gasteiger partial charge in [-0.15, -0.1) is 0 Å². The Morgan fingerprint density at radius 3 is 2.90 bits per heavy atom. The molecule has 4 aliphatic rings. The van der Waals surface area contributed by atoms with Crippen LogP contribution in [0.4, 0.5) is 16.4 Å². The number of hydrogen-bond donors (Lipinski definition) is 3. The monoisotopic (exact) mass is 533 g/mol. The van der Waals surface area contributed by atoms with Crippen molar-refractivity contribution in [1.82, 2.24) is 15.3 Å². The number of anilines is 2. The van der Waals surface area contributed by atoms with Gasteiger partial charge in [-0.1, -0.05) is 0 Å². The second-order valence-corrected chi connectivity index (χ2v) is 10.8. The highest BCUT2D eigenvalue weighted by Gasteiger charge is 2.40. The van der Waals surface area contributed by atoms with Crippen LogP contribution < -0.4 is 30.7 Å². The lowest BCUT2D eigenvalue weighted by Gasteiger charge is -2.19. The fourth-order valence-electron chi connectivity index (χ4n) is 5.33. The van der Waals surface area contributed by atoms with Crippen LogP contribution in [0.25, 0.3) is 0 Å². The predicted molar refractivity (Wildman–Crippen MR) is 140 cm³/mol. The number of aromatic nitrogens is 2. The van der Waals surface area contributed by atoms with Crippen molar-refractivity contribution in [3.8, 4) is 17.7 Å². The molecule has 1 saturated heterocycles. The Kier molecular flexibility index (Phi) is 6.48. The van der Waals surface area contributed by atoms with Crippen LogP contribution in [0.5, 0.6) is 11.6 Å². The third kappa shape index (κ3) is 5.20. The minimum absolute atomic E-state index is 0.0530. The van der Waals surface area contributed by atoms with Crippen molar-refractivity contribution in [2.24, 2.45) is 11.7 Å². The van der Waals surface area contributed by atoms with E-state index in [4.69, 9.17) is 19.9 Å². The summed E-state index contributed by atoms with van der Waals surface area (Å²) in [5, 5.41) is 16.0.